The van der Waals surface area contributed by atoms with Crippen LogP contribution in [0.4, 0.5) is 0 Å². The molecule has 2 aromatic heterocycles. The van der Waals surface area contributed by atoms with Crippen molar-refractivity contribution in [2.24, 2.45) is 0 Å². The lowest BCUT2D eigenvalue weighted by Crippen LogP contribution is -1.97. The summed E-state index contributed by atoms with van der Waals surface area (Å²) in [4.78, 5) is 13.8. The van der Waals surface area contributed by atoms with Crippen LogP contribution in [0.5, 0.6) is 5.75 Å². The Hall–Kier alpha value is -2.49. The summed E-state index contributed by atoms with van der Waals surface area (Å²) in [6, 6.07) is 12.1. The van der Waals surface area contributed by atoms with E-state index >= 15 is 0 Å². The van der Waals surface area contributed by atoms with Gasteiger partial charge in [-0.05, 0) is 31.5 Å². The van der Waals surface area contributed by atoms with Gasteiger partial charge in [-0.15, -0.1) is 0 Å². The number of ether oxygens (including phenoxy) is 1. The number of aryl methyl sites for hydroxylation is 1. The third-order valence-corrected chi connectivity index (χ3v) is 4.23. The first-order chi connectivity index (χ1) is 10.8. The topological polar surface area (TPSA) is 47.9 Å². The molecular weight excluding hydrogens is 274 g/mol. The number of pyridine rings is 1. The molecule has 4 nitrogen and oxygen atoms in total. The molecule has 0 saturated heterocycles. The maximum Gasteiger partial charge on any atom is 0.132 e. The minimum atomic E-state index is 0.373. The van der Waals surface area contributed by atoms with Crippen LogP contribution in [0.2, 0.25) is 0 Å². The molecule has 0 unspecified atom stereocenters. The summed E-state index contributed by atoms with van der Waals surface area (Å²) < 4.78 is 5.53. The summed E-state index contributed by atoms with van der Waals surface area (Å²) in [7, 11) is 1.71. The van der Waals surface area contributed by atoms with Crippen molar-refractivity contribution in [2.45, 2.75) is 25.2 Å². The van der Waals surface area contributed by atoms with Crippen molar-refractivity contribution in [2.75, 3.05) is 7.11 Å². The molecule has 22 heavy (non-hydrogen) atoms. The molecule has 2 atom stereocenters. The Labute approximate surface area is 129 Å². The summed E-state index contributed by atoms with van der Waals surface area (Å²) in [6.45, 7) is 2.00. The third-order valence-electron chi connectivity index (χ3n) is 4.23. The number of para-hydroxylation sites is 1. The molecule has 4 heteroatoms. The lowest BCUT2D eigenvalue weighted by Gasteiger charge is -2.08. The predicted molar refractivity (Wildman–Crippen MR) is 85.2 cm³/mol. The SMILES string of the molecule is COc1cc([C@H]2C[C@@H]2c2nccc(C)n2)nc2ccccc12. The molecule has 2 heterocycles. The van der Waals surface area contributed by atoms with Gasteiger partial charge >= 0.3 is 0 Å². The zero-order chi connectivity index (χ0) is 15.1. The van der Waals surface area contributed by atoms with Crippen molar-refractivity contribution in [3.05, 3.63) is 59.8 Å². The normalized spacial score (nSPS) is 20.1. The Morgan fingerprint density at radius 3 is 2.77 bits per heavy atom. The van der Waals surface area contributed by atoms with Gasteiger partial charge in [0.25, 0.3) is 0 Å². The highest BCUT2D eigenvalue weighted by Gasteiger charge is 2.43. The Bertz CT molecular complexity index is 847. The fourth-order valence-corrected chi connectivity index (χ4v) is 2.98. The highest BCUT2D eigenvalue weighted by atomic mass is 16.5. The van der Waals surface area contributed by atoms with Crippen molar-refractivity contribution in [3.63, 3.8) is 0 Å². The van der Waals surface area contributed by atoms with Gasteiger partial charge in [-0.1, -0.05) is 12.1 Å². The van der Waals surface area contributed by atoms with Crippen LogP contribution in [0.25, 0.3) is 10.9 Å². The molecule has 1 fully saturated rings. The Morgan fingerprint density at radius 2 is 1.95 bits per heavy atom. The second kappa shape index (κ2) is 5.05. The lowest BCUT2D eigenvalue weighted by atomic mass is 10.1. The number of hydrogen-bond acceptors (Lipinski definition) is 4. The first kappa shape index (κ1) is 13.2. The van der Waals surface area contributed by atoms with Crippen LogP contribution in [0, 0.1) is 6.92 Å². The standard InChI is InChI=1S/C18H17N3O/c1-11-7-8-19-18(20-11)14-9-13(14)16-10-17(22-2)12-5-3-4-6-15(12)21-16/h3-8,10,13-14H,9H2,1-2H3/t13-,14-/m0/s1. The van der Waals surface area contributed by atoms with Gasteiger partial charge < -0.3 is 4.74 Å². The van der Waals surface area contributed by atoms with E-state index in [1.54, 1.807) is 7.11 Å². The van der Waals surface area contributed by atoms with Crippen molar-refractivity contribution >= 4 is 10.9 Å². The molecule has 0 radical (unpaired) electrons. The third kappa shape index (κ3) is 2.21. The quantitative estimate of drug-likeness (QED) is 0.739. The molecular formula is C18H17N3O. The Morgan fingerprint density at radius 1 is 1.09 bits per heavy atom. The molecule has 1 saturated carbocycles. The van der Waals surface area contributed by atoms with Gasteiger partial charge in [0, 0.05) is 40.9 Å². The van der Waals surface area contributed by atoms with Gasteiger partial charge in [-0.2, -0.15) is 0 Å². The zero-order valence-electron chi connectivity index (χ0n) is 12.7. The van der Waals surface area contributed by atoms with Gasteiger partial charge in [0.1, 0.15) is 11.6 Å². The predicted octanol–water partition coefficient (Wildman–Crippen LogP) is 3.61. The van der Waals surface area contributed by atoms with Gasteiger partial charge in [0.2, 0.25) is 0 Å². The second-order valence-electron chi connectivity index (χ2n) is 5.77. The van der Waals surface area contributed by atoms with E-state index < -0.39 is 0 Å². The highest BCUT2D eigenvalue weighted by molar-refractivity contribution is 5.85. The molecule has 0 bridgehead atoms. The smallest absolute Gasteiger partial charge is 0.132 e. The first-order valence-electron chi connectivity index (χ1n) is 7.49. The maximum absolute atomic E-state index is 5.53. The van der Waals surface area contributed by atoms with Crippen LogP contribution in [-0.4, -0.2) is 22.1 Å². The molecule has 110 valence electrons. The van der Waals surface area contributed by atoms with Crippen molar-refractivity contribution in [3.8, 4) is 5.75 Å². The summed E-state index contributed by atoms with van der Waals surface area (Å²) in [5.74, 6) is 2.58. The van der Waals surface area contributed by atoms with E-state index in [9.17, 15) is 0 Å². The molecule has 0 N–H and O–H groups in total. The fraction of sp³-hybridized carbons (Fsp3) is 0.278. The van der Waals surface area contributed by atoms with E-state index in [0.717, 1.165) is 40.3 Å². The van der Waals surface area contributed by atoms with Crippen molar-refractivity contribution < 1.29 is 4.74 Å². The molecule has 0 amide bonds. The van der Waals surface area contributed by atoms with Gasteiger partial charge in [-0.3, -0.25) is 4.98 Å². The van der Waals surface area contributed by atoms with Gasteiger partial charge in [0.05, 0.1) is 12.6 Å². The molecule has 4 rings (SSSR count). The molecule has 1 aliphatic rings. The molecule has 3 aromatic rings. The van der Waals surface area contributed by atoms with E-state index in [0.29, 0.717) is 11.8 Å². The second-order valence-corrected chi connectivity index (χ2v) is 5.77. The first-order valence-corrected chi connectivity index (χ1v) is 7.49. The van der Waals surface area contributed by atoms with E-state index in [2.05, 4.69) is 16.0 Å². The van der Waals surface area contributed by atoms with Crippen molar-refractivity contribution in [1.29, 1.82) is 0 Å². The van der Waals surface area contributed by atoms with Crippen LogP contribution in [0.15, 0.2) is 42.6 Å². The summed E-state index contributed by atoms with van der Waals surface area (Å²) in [6.07, 6.45) is 2.89. The van der Waals surface area contributed by atoms with Crippen LogP contribution in [0.3, 0.4) is 0 Å². The number of methoxy groups -OCH3 is 1. The van der Waals surface area contributed by atoms with E-state index in [1.165, 1.54) is 0 Å². The molecule has 0 aliphatic heterocycles. The minimum absolute atomic E-state index is 0.373. The summed E-state index contributed by atoms with van der Waals surface area (Å²) in [5, 5.41) is 1.05. The number of aromatic nitrogens is 3. The van der Waals surface area contributed by atoms with E-state index in [1.807, 2.05) is 43.5 Å². The van der Waals surface area contributed by atoms with E-state index in [-0.39, 0.29) is 0 Å². The van der Waals surface area contributed by atoms with Crippen LogP contribution in [0.1, 0.15) is 35.5 Å². The number of fused-ring (bicyclic) bond motifs is 1. The number of benzene rings is 1. The van der Waals surface area contributed by atoms with Crippen molar-refractivity contribution in [1.82, 2.24) is 15.0 Å². The molecule has 1 aliphatic carbocycles. The monoisotopic (exact) mass is 291 g/mol. The van der Waals surface area contributed by atoms with Gasteiger partial charge in [0.15, 0.2) is 0 Å². The Balaban J connectivity index is 1.71. The van der Waals surface area contributed by atoms with Crippen LogP contribution in [-0.2, 0) is 0 Å². The summed E-state index contributed by atoms with van der Waals surface area (Å²) in [5.41, 5.74) is 3.07. The Kier molecular flexibility index (Phi) is 3.03. The molecule has 0 spiro atoms. The lowest BCUT2D eigenvalue weighted by molar-refractivity contribution is 0.419. The largest absolute Gasteiger partial charge is 0.496 e. The summed E-state index contributed by atoms with van der Waals surface area (Å²) >= 11 is 0. The highest BCUT2D eigenvalue weighted by Crippen LogP contribution is 2.53. The average Bonchev–Trinajstić information content (AvgIpc) is 3.34. The number of nitrogens with zero attached hydrogens (tertiary/aromatic N) is 3. The van der Waals surface area contributed by atoms with E-state index in [4.69, 9.17) is 9.72 Å². The van der Waals surface area contributed by atoms with Crippen LogP contribution >= 0.6 is 0 Å². The van der Waals surface area contributed by atoms with Gasteiger partial charge in [-0.25, -0.2) is 9.97 Å². The maximum atomic E-state index is 5.53. The number of rotatable bonds is 3. The molecule has 1 aromatic carbocycles. The zero-order valence-corrected chi connectivity index (χ0v) is 12.7. The minimum Gasteiger partial charge on any atom is -0.496 e. The fourth-order valence-electron chi connectivity index (χ4n) is 2.98. The van der Waals surface area contributed by atoms with Crippen LogP contribution < -0.4 is 4.74 Å². The number of hydrogen-bond donors (Lipinski definition) is 0. The average molecular weight is 291 g/mol.